The summed E-state index contributed by atoms with van der Waals surface area (Å²) in [6, 6.07) is 6.56. The van der Waals surface area contributed by atoms with E-state index in [1.807, 2.05) is 0 Å². The van der Waals surface area contributed by atoms with Gasteiger partial charge in [0.1, 0.15) is 11.6 Å². The van der Waals surface area contributed by atoms with Gasteiger partial charge in [-0.15, -0.1) is 13.2 Å². The van der Waals surface area contributed by atoms with Crippen LogP contribution in [-0.4, -0.2) is 10.9 Å². The maximum Gasteiger partial charge on any atom is 0.573 e. The summed E-state index contributed by atoms with van der Waals surface area (Å²) in [5, 5.41) is 0. The second-order valence-corrected chi connectivity index (χ2v) is 3.60. The van der Waals surface area contributed by atoms with Gasteiger partial charge in [0.2, 0.25) is 0 Å². The van der Waals surface area contributed by atoms with Crippen molar-refractivity contribution in [1.29, 1.82) is 0 Å². The second kappa shape index (κ2) is 4.75. The summed E-state index contributed by atoms with van der Waals surface area (Å²) in [4.78, 5) is 11.5. The van der Waals surface area contributed by atoms with Gasteiger partial charge in [0.15, 0.2) is 0 Å². The molecule has 0 aliphatic heterocycles. The van der Waals surface area contributed by atoms with E-state index in [1.165, 1.54) is 12.1 Å². The van der Waals surface area contributed by atoms with Gasteiger partial charge in [-0.25, -0.2) is 4.39 Å². The Labute approximate surface area is 104 Å². The van der Waals surface area contributed by atoms with Crippen molar-refractivity contribution < 1.29 is 22.3 Å². The van der Waals surface area contributed by atoms with Crippen LogP contribution in [-0.2, 0) is 0 Å². The monoisotopic (exact) mass is 273 g/mol. The number of hydrogen-bond acceptors (Lipinski definition) is 2. The molecule has 0 aliphatic rings. The van der Waals surface area contributed by atoms with Crippen molar-refractivity contribution in [3.63, 3.8) is 0 Å². The molecule has 0 radical (unpaired) electrons. The van der Waals surface area contributed by atoms with Gasteiger partial charge in [0.05, 0.1) is 0 Å². The maximum atomic E-state index is 13.0. The van der Waals surface area contributed by atoms with Gasteiger partial charge < -0.3 is 4.74 Å². The van der Waals surface area contributed by atoms with E-state index in [2.05, 4.69) is 4.74 Å². The average Bonchev–Trinajstić information content (AvgIpc) is 2.31. The molecular formula is C12H7F4NO2. The van der Waals surface area contributed by atoms with Gasteiger partial charge in [0, 0.05) is 18.0 Å². The predicted octanol–water partition coefficient (Wildman–Crippen LogP) is 2.88. The molecule has 19 heavy (non-hydrogen) atoms. The maximum absolute atomic E-state index is 13.0. The Morgan fingerprint density at radius 2 is 1.63 bits per heavy atom. The van der Waals surface area contributed by atoms with Crippen molar-refractivity contribution >= 4 is 0 Å². The third-order valence-corrected chi connectivity index (χ3v) is 2.22. The molecule has 0 aliphatic carbocycles. The van der Waals surface area contributed by atoms with Gasteiger partial charge in [-0.3, -0.25) is 9.36 Å². The zero-order valence-electron chi connectivity index (χ0n) is 9.32. The molecule has 2 aromatic rings. The molecule has 2 rings (SSSR count). The van der Waals surface area contributed by atoms with E-state index >= 15 is 0 Å². The van der Waals surface area contributed by atoms with Gasteiger partial charge in [-0.2, -0.15) is 0 Å². The first-order valence-corrected chi connectivity index (χ1v) is 5.09. The SMILES string of the molecule is O=c1ccc(F)cn1-c1ccc(OC(F)(F)F)cc1. The first kappa shape index (κ1) is 13.1. The van der Waals surface area contributed by atoms with E-state index in [1.54, 1.807) is 0 Å². The third kappa shape index (κ3) is 3.34. The number of rotatable bonds is 2. The Balaban J connectivity index is 2.33. The molecule has 0 amide bonds. The molecule has 3 nitrogen and oxygen atoms in total. The van der Waals surface area contributed by atoms with Gasteiger partial charge >= 0.3 is 6.36 Å². The van der Waals surface area contributed by atoms with Crippen molar-refractivity contribution in [1.82, 2.24) is 4.57 Å². The van der Waals surface area contributed by atoms with E-state index in [0.717, 1.165) is 35.0 Å². The minimum atomic E-state index is -4.78. The Bertz CT molecular complexity index is 631. The van der Waals surface area contributed by atoms with Crippen LogP contribution in [0, 0.1) is 5.82 Å². The molecular weight excluding hydrogens is 266 g/mol. The zero-order valence-corrected chi connectivity index (χ0v) is 9.32. The summed E-state index contributed by atoms with van der Waals surface area (Å²) in [6.45, 7) is 0. The first-order valence-electron chi connectivity index (χ1n) is 5.09. The summed E-state index contributed by atoms with van der Waals surface area (Å²) < 4.78 is 53.5. The second-order valence-electron chi connectivity index (χ2n) is 3.60. The quantitative estimate of drug-likeness (QED) is 0.788. The minimum Gasteiger partial charge on any atom is -0.406 e. The lowest BCUT2D eigenvalue weighted by molar-refractivity contribution is -0.274. The van der Waals surface area contributed by atoms with Crippen molar-refractivity contribution in [3.05, 3.63) is 58.8 Å². The van der Waals surface area contributed by atoms with Crippen molar-refractivity contribution in [3.8, 4) is 11.4 Å². The van der Waals surface area contributed by atoms with Crippen LogP contribution >= 0.6 is 0 Å². The first-order chi connectivity index (χ1) is 8.85. The van der Waals surface area contributed by atoms with Crippen molar-refractivity contribution in [2.45, 2.75) is 6.36 Å². The lowest BCUT2D eigenvalue weighted by Gasteiger charge is -2.10. The molecule has 0 spiro atoms. The number of nitrogens with zero attached hydrogens (tertiary/aromatic N) is 1. The molecule has 1 aromatic heterocycles. The van der Waals surface area contributed by atoms with Crippen LogP contribution < -0.4 is 10.3 Å². The highest BCUT2D eigenvalue weighted by Crippen LogP contribution is 2.23. The lowest BCUT2D eigenvalue weighted by Crippen LogP contribution is -2.18. The minimum absolute atomic E-state index is 0.235. The Kier molecular flexibility index (Phi) is 3.28. The molecule has 0 unspecified atom stereocenters. The normalized spacial score (nSPS) is 11.4. The zero-order chi connectivity index (χ0) is 14.0. The van der Waals surface area contributed by atoms with E-state index in [-0.39, 0.29) is 5.69 Å². The van der Waals surface area contributed by atoms with Crippen LogP contribution in [0.1, 0.15) is 0 Å². The molecule has 0 saturated heterocycles. The van der Waals surface area contributed by atoms with Crippen LogP contribution in [0.15, 0.2) is 47.4 Å². The van der Waals surface area contributed by atoms with Crippen LogP contribution in [0.4, 0.5) is 17.6 Å². The van der Waals surface area contributed by atoms with Gasteiger partial charge in [-0.05, 0) is 30.3 Å². The molecule has 0 bridgehead atoms. The van der Waals surface area contributed by atoms with Crippen molar-refractivity contribution in [2.24, 2.45) is 0 Å². The standard InChI is InChI=1S/C12H7F4NO2/c13-8-1-6-11(18)17(7-8)9-2-4-10(5-3-9)19-12(14,15)16/h1-7H. The van der Waals surface area contributed by atoms with E-state index in [9.17, 15) is 22.4 Å². The number of benzene rings is 1. The highest BCUT2D eigenvalue weighted by molar-refractivity contribution is 5.37. The number of halogens is 4. The topological polar surface area (TPSA) is 31.2 Å². The smallest absolute Gasteiger partial charge is 0.406 e. The Morgan fingerprint density at radius 1 is 1.00 bits per heavy atom. The number of alkyl halides is 3. The van der Waals surface area contributed by atoms with Crippen molar-refractivity contribution in [2.75, 3.05) is 0 Å². The predicted molar refractivity (Wildman–Crippen MR) is 58.7 cm³/mol. The summed E-state index contributed by atoms with van der Waals surface area (Å²) in [7, 11) is 0. The van der Waals surface area contributed by atoms with Crippen LogP contribution in [0.3, 0.4) is 0 Å². The van der Waals surface area contributed by atoms with Gasteiger partial charge in [-0.1, -0.05) is 0 Å². The van der Waals surface area contributed by atoms with Gasteiger partial charge in [0.25, 0.3) is 5.56 Å². The molecule has 0 saturated carbocycles. The fraction of sp³-hybridized carbons (Fsp3) is 0.0833. The van der Waals surface area contributed by atoms with Crippen LogP contribution in [0.5, 0.6) is 5.75 Å². The molecule has 0 atom stereocenters. The van der Waals surface area contributed by atoms with E-state index in [4.69, 9.17) is 0 Å². The highest BCUT2D eigenvalue weighted by atomic mass is 19.4. The van der Waals surface area contributed by atoms with E-state index < -0.39 is 23.5 Å². The Morgan fingerprint density at radius 3 is 2.21 bits per heavy atom. The summed E-state index contributed by atoms with van der Waals surface area (Å²) >= 11 is 0. The number of hydrogen-bond donors (Lipinski definition) is 0. The van der Waals surface area contributed by atoms with Crippen LogP contribution in [0.2, 0.25) is 0 Å². The summed E-state index contributed by atoms with van der Waals surface area (Å²) in [5.74, 6) is -1.05. The molecule has 7 heteroatoms. The number of aromatic nitrogens is 1. The fourth-order valence-corrected chi connectivity index (χ4v) is 1.47. The number of ether oxygens (including phenoxy) is 1. The fourth-order valence-electron chi connectivity index (χ4n) is 1.47. The van der Waals surface area contributed by atoms with E-state index in [0.29, 0.717) is 0 Å². The Hall–Kier alpha value is -2.31. The molecule has 100 valence electrons. The lowest BCUT2D eigenvalue weighted by atomic mass is 10.3. The third-order valence-electron chi connectivity index (χ3n) is 2.22. The summed E-state index contributed by atoms with van der Waals surface area (Å²) in [5.41, 5.74) is -0.259. The number of pyridine rings is 1. The van der Waals surface area contributed by atoms with Crippen LogP contribution in [0.25, 0.3) is 5.69 Å². The summed E-state index contributed by atoms with van der Waals surface area (Å²) in [6.07, 6.45) is -3.83. The largest absolute Gasteiger partial charge is 0.573 e. The average molecular weight is 273 g/mol. The molecule has 1 aromatic carbocycles. The highest BCUT2D eigenvalue weighted by Gasteiger charge is 2.30. The molecule has 0 N–H and O–H groups in total. The molecule has 1 heterocycles. The molecule has 0 fully saturated rings.